The molecule has 6 heteroatoms. The first-order chi connectivity index (χ1) is 6.88. The highest BCUT2D eigenvalue weighted by molar-refractivity contribution is 7.99. The Balaban J connectivity index is 3.28. The molecule has 15 heavy (non-hydrogen) atoms. The third-order valence-electron chi connectivity index (χ3n) is 1.64. The molecule has 0 aromatic heterocycles. The van der Waals surface area contributed by atoms with Gasteiger partial charge >= 0.3 is 6.18 Å². The Morgan fingerprint density at radius 2 is 1.93 bits per heavy atom. The molecule has 0 saturated carbocycles. The van der Waals surface area contributed by atoms with E-state index in [1.165, 1.54) is 0 Å². The first kappa shape index (κ1) is 12.6. The molecular weight excluding hydrogens is 252 g/mol. The summed E-state index contributed by atoms with van der Waals surface area (Å²) in [5.74, 6) is -0.266. The van der Waals surface area contributed by atoms with E-state index in [2.05, 4.69) is 0 Å². The van der Waals surface area contributed by atoms with Crippen molar-refractivity contribution in [3.8, 4) is 0 Å². The molecule has 0 nitrogen and oxygen atoms in total. The lowest BCUT2D eigenvalue weighted by Gasteiger charge is -2.12. The van der Waals surface area contributed by atoms with Crippen LogP contribution in [0.25, 0.3) is 0 Å². The minimum Gasteiger partial charge on any atom is -0.206 e. The first-order valence-corrected chi connectivity index (χ1v) is 5.42. The number of rotatable bonds is 2. The van der Waals surface area contributed by atoms with Crippen LogP contribution in [-0.2, 0) is 6.18 Å². The van der Waals surface area contributed by atoms with E-state index < -0.39 is 22.6 Å². The maximum Gasteiger partial charge on any atom is 0.417 e. The summed E-state index contributed by atoms with van der Waals surface area (Å²) in [4.78, 5) is -0.144. The molecule has 0 aliphatic rings. The fourth-order valence-electron chi connectivity index (χ4n) is 1.03. The molecule has 0 N–H and O–H groups in total. The number of hydrogen-bond donors (Lipinski definition) is 0. The second-order valence-electron chi connectivity index (χ2n) is 2.67. The predicted molar refractivity (Wildman–Crippen MR) is 52.8 cm³/mol. The minimum absolute atomic E-state index is 0.144. The number of alkyl halides is 3. The van der Waals surface area contributed by atoms with Crippen molar-refractivity contribution >= 4 is 23.4 Å². The normalized spacial score (nSPS) is 11.9. The Hall–Kier alpha value is -0.420. The molecule has 0 spiro atoms. The highest BCUT2D eigenvalue weighted by Crippen LogP contribution is 2.40. The van der Waals surface area contributed by atoms with E-state index in [1.807, 2.05) is 0 Å². The largest absolute Gasteiger partial charge is 0.417 e. The van der Waals surface area contributed by atoms with Crippen molar-refractivity contribution in [2.24, 2.45) is 0 Å². The smallest absolute Gasteiger partial charge is 0.206 e. The van der Waals surface area contributed by atoms with E-state index in [9.17, 15) is 17.6 Å². The van der Waals surface area contributed by atoms with Crippen molar-refractivity contribution < 1.29 is 17.6 Å². The molecular formula is C9H7ClF4S. The van der Waals surface area contributed by atoms with E-state index >= 15 is 0 Å². The van der Waals surface area contributed by atoms with Gasteiger partial charge in [-0.3, -0.25) is 0 Å². The first-order valence-electron chi connectivity index (χ1n) is 4.06. The number of halogens is 5. The number of thioether (sulfide) groups is 1. The summed E-state index contributed by atoms with van der Waals surface area (Å²) >= 11 is 6.45. The maximum absolute atomic E-state index is 13.1. The van der Waals surface area contributed by atoms with E-state index in [-0.39, 0.29) is 4.90 Å². The topological polar surface area (TPSA) is 0 Å². The Labute approximate surface area is 93.6 Å². The quantitative estimate of drug-likeness (QED) is 0.551. The van der Waals surface area contributed by atoms with Crippen molar-refractivity contribution in [3.05, 3.63) is 28.5 Å². The molecule has 0 aliphatic carbocycles. The van der Waals surface area contributed by atoms with Gasteiger partial charge < -0.3 is 0 Å². The van der Waals surface area contributed by atoms with Gasteiger partial charge in [0.25, 0.3) is 0 Å². The van der Waals surface area contributed by atoms with Crippen LogP contribution in [0.2, 0.25) is 5.02 Å². The summed E-state index contributed by atoms with van der Waals surface area (Å²) in [5, 5.41) is -0.561. The summed E-state index contributed by atoms with van der Waals surface area (Å²) < 4.78 is 50.3. The zero-order valence-electron chi connectivity index (χ0n) is 7.66. The zero-order valence-corrected chi connectivity index (χ0v) is 9.23. The van der Waals surface area contributed by atoms with Crippen LogP contribution in [0, 0.1) is 5.82 Å². The minimum atomic E-state index is -4.55. The second-order valence-corrected chi connectivity index (χ2v) is 4.32. The van der Waals surface area contributed by atoms with Crippen molar-refractivity contribution in [1.82, 2.24) is 0 Å². The van der Waals surface area contributed by atoms with E-state index in [1.54, 1.807) is 6.92 Å². The van der Waals surface area contributed by atoms with Gasteiger partial charge in [-0.25, -0.2) is 4.39 Å². The molecule has 0 fully saturated rings. The van der Waals surface area contributed by atoms with Gasteiger partial charge in [-0.05, 0) is 17.9 Å². The third kappa shape index (κ3) is 2.78. The van der Waals surface area contributed by atoms with Crippen LogP contribution in [0.3, 0.4) is 0 Å². The van der Waals surface area contributed by atoms with Crippen LogP contribution in [0.4, 0.5) is 17.6 Å². The average Bonchev–Trinajstić information content (AvgIpc) is 2.09. The highest BCUT2D eigenvalue weighted by atomic mass is 35.5. The molecule has 0 unspecified atom stereocenters. The van der Waals surface area contributed by atoms with Crippen molar-refractivity contribution in [2.45, 2.75) is 18.0 Å². The lowest BCUT2D eigenvalue weighted by atomic mass is 10.2. The van der Waals surface area contributed by atoms with Gasteiger partial charge in [0, 0.05) is 0 Å². The van der Waals surface area contributed by atoms with Gasteiger partial charge in [-0.2, -0.15) is 13.2 Å². The molecule has 0 atom stereocenters. The fraction of sp³-hybridized carbons (Fsp3) is 0.333. The molecule has 1 aromatic carbocycles. The SMILES string of the molecule is CCSc1c(F)ccc(C(F)(F)F)c1Cl. The molecule has 0 heterocycles. The van der Waals surface area contributed by atoms with E-state index in [0.29, 0.717) is 11.8 Å². The maximum atomic E-state index is 13.1. The van der Waals surface area contributed by atoms with Crippen LogP contribution < -0.4 is 0 Å². The van der Waals surface area contributed by atoms with Gasteiger partial charge in [0.1, 0.15) is 5.82 Å². The number of hydrogen-bond acceptors (Lipinski definition) is 1. The Bertz CT molecular complexity index is 362. The van der Waals surface area contributed by atoms with Crippen LogP contribution >= 0.6 is 23.4 Å². The van der Waals surface area contributed by atoms with Gasteiger partial charge in [-0.1, -0.05) is 18.5 Å². The van der Waals surface area contributed by atoms with Crippen LogP contribution in [0.5, 0.6) is 0 Å². The van der Waals surface area contributed by atoms with Crippen LogP contribution in [0.15, 0.2) is 17.0 Å². The van der Waals surface area contributed by atoms with E-state index in [4.69, 9.17) is 11.6 Å². The van der Waals surface area contributed by atoms with Crippen molar-refractivity contribution in [2.75, 3.05) is 5.75 Å². The number of benzene rings is 1. The molecule has 0 bridgehead atoms. The Morgan fingerprint density at radius 1 is 1.33 bits per heavy atom. The molecule has 1 rings (SSSR count). The molecule has 0 amide bonds. The predicted octanol–water partition coefficient (Wildman–Crippen LogP) is 4.61. The molecule has 84 valence electrons. The zero-order chi connectivity index (χ0) is 11.6. The summed E-state index contributed by atoms with van der Waals surface area (Å²) in [6, 6.07) is 1.43. The lowest BCUT2D eigenvalue weighted by Crippen LogP contribution is -2.07. The summed E-state index contributed by atoms with van der Waals surface area (Å²) in [6.07, 6.45) is -4.55. The molecule has 0 radical (unpaired) electrons. The lowest BCUT2D eigenvalue weighted by molar-refractivity contribution is -0.137. The summed E-state index contributed by atoms with van der Waals surface area (Å²) in [6.45, 7) is 1.71. The Morgan fingerprint density at radius 3 is 2.40 bits per heavy atom. The van der Waals surface area contributed by atoms with Gasteiger partial charge in [-0.15, -0.1) is 11.8 Å². The van der Waals surface area contributed by atoms with Gasteiger partial charge in [0.05, 0.1) is 15.5 Å². The third-order valence-corrected chi connectivity index (χ3v) is 3.12. The highest BCUT2D eigenvalue weighted by Gasteiger charge is 2.34. The summed E-state index contributed by atoms with van der Waals surface area (Å²) in [5.41, 5.74) is -0.999. The molecule has 1 aromatic rings. The van der Waals surface area contributed by atoms with Crippen molar-refractivity contribution in [1.29, 1.82) is 0 Å². The van der Waals surface area contributed by atoms with Gasteiger partial charge in [0.2, 0.25) is 0 Å². The standard InChI is InChI=1S/C9H7ClF4S/c1-2-15-8-6(11)4-3-5(7(8)10)9(12,13)14/h3-4H,2H2,1H3. The van der Waals surface area contributed by atoms with Crippen LogP contribution in [0.1, 0.15) is 12.5 Å². The van der Waals surface area contributed by atoms with Crippen LogP contribution in [-0.4, -0.2) is 5.75 Å². The van der Waals surface area contributed by atoms with Gasteiger partial charge in [0.15, 0.2) is 0 Å². The average molecular weight is 259 g/mol. The fourth-order valence-corrected chi connectivity index (χ4v) is 2.18. The molecule has 0 saturated heterocycles. The summed E-state index contributed by atoms with van der Waals surface area (Å²) in [7, 11) is 0. The van der Waals surface area contributed by atoms with E-state index in [0.717, 1.165) is 17.8 Å². The second kappa shape index (κ2) is 4.61. The Kier molecular flexibility index (Phi) is 3.89. The monoisotopic (exact) mass is 258 g/mol. The van der Waals surface area contributed by atoms with Crippen molar-refractivity contribution in [3.63, 3.8) is 0 Å². The molecule has 0 aliphatic heterocycles.